The molecule has 5 aliphatic rings. The van der Waals surface area contributed by atoms with Crippen LogP contribution in [0, 0.1) is 35.0 Å². The molecule has 5 rings (SSSR count). The van der Waals surface area contributed by atoms with Crippen molar-refractivity contribution in [3.8, 4) is 0 Å². The number of likely N-dealkylation sites (tertiary alicyclic amines) is 1. The molecule has 4 unspecified atom stereocenters. The molecule has 0 aromatic rings. The van der Waals surface area contributed by atoms with Gasteiger partial charge in [0, 0.05) is 18.4 Å². The highest BCUT2D eigenvalue weighted by molar-refractivity contribution is 6.51. The lowest BCUT2D eigenvalue weighted by molar-refractivity contribution is -0.144. The second kappa shape index (κ2) is 10.6. The third-order valence-corrected chi connectivity index (χ3v) is 10.9. The fraction of sp³-hybridized carbons (Fsp3) is 0.821. The lowest BCUT2D eigenvalue weighted by atomic mass is 9.80. The molecule has 1 saturated heterocycles. The molecule has 0 radical (unpaired) electrons. The number of carbonyl (C=O) groups is 5. The van der Waals surface area contributed by atoms with Crippen molar-refractivity contribution in [2.75, 3.05) is 6.54 Å². The highest BCUT2D eigenvalue weighted by atomic mass is 35.5. The number of rotatable bonds is 9. The predicted molar refractivity (Wildman–Crippen MR) is 147 cm³/mol. The van der Waals surface area contributed by atoms with Gasteiger partial charge in [0.15, 0.2) is 0 Å². The van der Waals surface area contributed by atoms with Crippen molar-refractivity contribution in [2.24, 2.45) is 40.7 Å². The number of halogens is 2. The molecular formula is C28H40Cl2N4O6. The van der Waals surface area contributed by atoms with Crippen LogP contribution in [0.15, 0.2) is 0 Å². The van der Waals surface area contributed by atoms with E-state index in [4.69, 9.17) is 33.7 Å². The van der Waals surface area contributed by atoms with Crippen molar-refractivity contribution < 1.29 is 28.7 Å². The number of ether oxygens (including phenoxy) is 1. The summed E-state index contributed by atoms with van der Waals surface area (Å²) in [5, 5.41) is 5.47. The van der Waals surface area contributed by atoms with Gasteiger partial charge in [-0.2, -0.15) is 0 Å². The van der Waals surface area contributed by atoms with Crippen LogP contribution in [0.3, 0.4) is 0 Å². The van der Waals surface area contributed by atoms with Crippen LogP contribution < -0.4 is 16.4 Å². The van der Waals surface area contributed by atoms with Gasteiger partial charge in [0.05, 0.1) is 6.04 Å². The Morgan fingerprint density at radius 1 is 1.05 bits per heavy atom. The highest BCUT2D eigenvalue weighted by Gasteiger charge is 2.74. The molecule has 4 aliphatic carbocycles. The summed E-state index contributed by atoms with van der Waals surface area (Å²) in [6, 6.07) is -3.13. The molecule has 2 bridgehead atoms. The zero-order valence-electron chi connectivity index (χ0n) is 23.3. The number of hydrogen-bond donors (Lipinski definition) is 3. The van der Waals surface area contributed by atoms with Crippen molar-refractivity contribution in [2.45, 2.75) is 101 Å². The van der Waals surface area contributed by atoms with Gasteiger partial charge in [0.1, 0.15) is 22.5 Å². The van der Waals surface area contributed by atoms with Crippen LogP contribution in [-0.4, -0.2) is 69.6 Å². The van der Waals surface area contributed by atoms with Crippen molar-refractivity contribution >= 4 is 52.8 Å². The summed E-state index contributed by atoms with van der Waals surface area (Å²) in [5.74, 6) is -2.77. The molecule has 4 saturated carbocycles. The van der Waals surface area contributed by atoms with E-state index in [-0.39, 0.29) is 24.5 Å². The van der Waals surface area contributed by atoms with Gasteiger partial charge in [-0.05, 0) is 55.3 Å². The minimum Gasteiger partial charge on any atom is -0.446 e. The first-order valence-electron chi connectivity index (χ1n) is 14.5. The SMILES string of the molecule is CC(C)(C)[C@H](NC(=O)OC1CC2CCC1C2)C(=O)N1C[C@H]2[C@@H]([C@H]1C(=O)NC(CC1CCC1)C(=O)C(N)=O)C2(Cl)Cl. The van der Waals surface area contributed by atoms with E-state index >= 15 is 0 Å². The van der Waals surface area contributed by atoms with Gasteiger partial charge in [0.2, 0.25) is 17.6 Å². The number of alkyl carbamates (subject to hydrolysis) is 1. The number of alkyl halides is 2. The third-order valence-electron chi connectivity index (χ3n) is 9.86. The quantitative estimate of drug-likeness (QED) is 0.274. The second-order valence-electron chi connectivity index (χ2n) is 13.6. The Balaban J connectivity index is 1.31. The lowest BCUT2D eigenvalue weighted by Gasteiger charge is -2.37. The summed E-state index contributed by atoms with van der Waals surface area (Å²) in [4.78, 5) is 66.3. The van der Waals surface area contributed by atoms with E-state index in [1.807, 2.05) is 20.8 Å². The van der Waals surface area contributed by atoms with E-state index in [1.54, 1.807) is 0 Å². The van der Waals surface area contributed by atoms with Crippen LogP contribution in [0.25, 0.3) is 0 Å². The van der Waals surface area contributed by atoms with E-state index in [1.165, 1.54) is 11.3 Å². The molecule has 10 nitrogen and oxygen atoms in total. The maximum atomic E-state index is 14.0. The first-order chi connectivity index (χ1) is 18.7. The first-order valence-corrected chi connectivity index (χ1v) is 15.2. The lowest BCUT2D eigenvalue weighted by Crippen LogP contribution is -2.61. The molecule has 0 spiro atoms. The smallest absolute Gasteiger partial charge is 0.408 e. The highest BCUT2D eigenvalue weighted by Crippen LogP contribution is 2.65. The van der Waals surface area contributed by atoms with Crippen LogP contribution in [0.5, 0.6) is 0 Å². The number of ketones is 1. The predicted octanol–water partition coefficient (Wildman–Crippen LogP) is 2.68. The van der Waals surface area contributed by atoms with E-state index in [0.29, 0.717) is 18.3 Å². The Bertz CT molecular complexity index is 1090. The zero-order valence-corrected chi connectivity index (χ0v) is 24.8. The number of nitrogens with zero attached hydrogens (tertiary/aromatic N) is 1. The molecule has 1 heterocycles. The molecule has 0 aromatic carbocycles. The topological polar surface area (TPSA) is 148 Å². The third kappa shape index (κ3) is 5.54. The zero-order chi connectivity index (χ0) is 29.1. The number of amides is 4. The average molecular weight is 600 g/mol. The molecule has 40 heavy (non-hydrogen) atoms. The molecule has 222 valence electrons. The number of carbonyl (C=O) groups excluding carboxylic acids is 5. The molecule has 5 fully saturated rings. The van der Waals surface area contributed by atoms with Crippen LogP contribution in [0.4, 0.5) is 4.79 Å². The monoisotopic (exact) mass is 598 g/mol. The van der Waals surface area contributed by atoms with Crippen LogP contribution >= 0.6 is 23.2 Å². The molecule has 0 aromatic heterocycles. The van der Waals surface area contributed by atoms with Gasteiger partial charge in [-0.3, -0.25) is 19.2 Å². The van der Waals surface area contributed by atoms with E-state index in [0.717, 1.165) is 38.5 Å². The summed E-state index contributed by atoms with van der Waals surface area (Å²) in [6.45, 7) is 5.60. The van der Waals surface area contributed by atoms with Crippen LogP contribution in [-0.2, 0) is 23.9 Å². The number of nitrogens with two attached hydrogens (primary N) is 1. The number of primary amides is 1. The maximum Gasteiger partial charge on any atom is 0.408 e. The van der Waals surface area contributed by atoms with Gasteiger partial charge >= 0.3 is 6.09 Å². The minimum absolute atomic E-state index is 0.126. The molecule has 1 aliphatic heterocycles. The summed E-state index contributed by atoms with van der Waals surface area (Å²) < 4.78 is 4.56. The Morgan fingerprint density at radius 2 is 1.75 bits per heavy atom. The average Bonchev–Trinajstić information content (AvgIpc) is 3.35. The van der Waals surface area contributed by atoms with Gasteiger partial charge in [-0.25, -0.2) is 4.79 Å². The standard InChI is InChI=1S/C28H40Cl2N4O6/c1-27(2,3)22(33-26(39)40-18-11-14-7-8-15(18)9-14)25(38)34-12-16-19(28(16,29)30)20(34)24(37)32-17(21(35)23(31)36)10-13-5-4-6-13/h13-20,22H,4-12H2,1-3H3,(H2,31,36)(H,32,37)(H,33,39)/t14?,15?,16-,17?,18?,19-,20-,22+/m0/s1. The van der Waals surface area contributed by atoms with Crippen molar-refractivity contribution in [1.82, 2.24) is 15.5 Å². The molecule has 12 heteroatoms. The van der Waals surface area contributed by atoms with Crippen molar-refractivity contribution in [1.29, 1.82) is 0 Å². The number of nitrogens with one attached hydrogen (secondary N) is 2. The van der Waals surface area contributed by atoms with Gasteiger partial charge < -0.3 is 26.0 Å². The minimum atomic E-state index is -1.19. The molecule has 8 atom stereocenters. The van der Waals surface area contributed by atoms with Gasteiger partial charge in [-0.1, -0.05) is 40.0 Å². The van der Waals surface area contributed by atoms with E-state index < -0.39 is 63.4 Å². The Hall–Kier alpha value is -2.07. The van der Waals surface area contributed by atoms with Gasteiger partial charge in [0.25, 0.3) is 5.91 Å². The van der Waals surface area contributed by atoms with Crippen molar-refractivity contribution in [3.05, 3.63) is 0 Å². The largest absolute Gasteiger partial charge is 0.446 e. The Labute approximate surface area is 244 Å². The Morgan fingerprint density at radius 3 is 2.27 bits per heavy atom. The molecule has 4 N–H and O–H groups in total. The maximum absolute atomic E-state index is 14.0. The number of Topliss-reactive ketones (excluding diaryl/α,β-unsaturated/α-hetero) is 1. The number of hydrogen-bond acceptors (Lipinski definition) is 6. The van der Waals surface area contributed by atoms with Crippen molar-refractivity contribution in [3.63, 3.8) is 0 Å². The van der Waals surface area contributed by atoms with Crippen LogP contribution in [0.1, 0.15) is 72.1 Å². The van der Waals surface area contributed by atoms with E-state index in [9.17, 15) is 24.0 Å². The van der Waals surface area contributed by atoms with E-state index in [2.05, 4.69) is 10.6 Å². The van der Waals surface area contributed by atoms with Crippen LogP contribution in [0.2, 0.25) is 0 Å². The number of piperidine rings is 1. The fourth-order valence-corrected chi connectivity index (χ4v) is 8.12. The number of fused-ring (bicyclic) bond motifs is 3. The molecular weight excluding hydrogens is 559 g/mol. The summed E-state index contributed by atoms with van der Waals surface area (Å²) in [6.07, 6.45) is 6.50. The normalized spacial score (nSPS) is 33.4. The summed E-state index contributed by atoms with van der Waals surface area (Å²) in [5.41, 5.74) is 4.57. The summed E-state index contributed by atoms with van der Waals surface area (Å²) in [7, 11) is 0. The van der Waals surface area contributed by atoms with Gasteiger partial charge in [-0.15, -0.1) is 23.2 Å². The fourth-order valence-electron chi connectivity index (χ4n) is 7.29. The second-order valence-corrected chi connectivity index (χ2v) is 15.1. The Kier molecular flexibility index (Phi) is 7.83. The molecule has 4 amide bonds. The summed E-state index contributed by atoms with van der Waals surface area (Å²) >= 11 is 13.0. The first kappa shape index (κ1) is 29.4.